The van der Waals surface area contributed by atoms with E-state index in [1.165, 1.54) is 0 Å². The molecule has 0 fully saturated rings. The Kier molecular flexibility index (Phi) is 4.31. The molecule has 0 saturated heterocycles. The van der Waals surface area contributed by atoms with Gasteiger partial charge in [0.05, 0.1) is 5.69 Å². The zero-order valence-electron chi connectivity index (χ0n) is 16.3. The number of fused-ring (bicyclic) bond motifs is 3. The van der Waals surface area contributed by atoms with Gasteiger partial charge in [-0.3, -0.25) is 4.79 Å². The molecule has 0 aliphatic carbocycles. The predicted octanol–water partition coefficient (Wildman–Crippen LogP) is 5.30. The summed E-state index contributed by atoms with van der Waals surface area (Å²) in [5.74, 6) is 0.758. The fourth-order valence-electron chi connectivity index (χ4n) is 4.15. The molecule has 1 aliphatic heterocycles. The van der Waals surface area contributed by atoms with Crippen molar-refractivity contribution in [2.24, 2.45) is 0 Å². The minimum absolute atomic E-state index is 0.136. The first-order valence-electron chi connectivity index (χ1n) is 9.61. The summed E-state index contributed by atoms with van der Waals surface area (Å²) in [7, 11) is 0. The van der Waals surface area contributed by atoms with Crippen molar-refractivity contribution in [3.63, 3.8) is 0 Å². The van der Waals surface area contributed by atoms with E-state index in [-0.39, 0.29) is 11.1 Å². The Bertz CT molecular complexity index is 1150. The van der Waals surface area contributed by atoms with Crippen LogP contribution < -0.4 is 10.3 Å². The van der Waals surface area contributed by atoms with Crippen molar-refractivity contribution in [3.05, 3.63) is 75.6 Å². The van der Waals surface area contributed by atoms with E-state index in [1.807, 2.05) is 55.5 Å². The number of H-pyrrole nitrogens is 1. The van der Waals surface area contributed by atoms with Crippen LogP contribution in [0.25, 0.3) is 22.4 Å². The molecule has 0 atom stereocenters. The Labute approximate surface area is 164 Å². The molecule has 4 rings (SSSR count). The Morgan fingerprint density at radius 1 is 1.07 bits per heavy atom. The van der Waals surface area contributed by atoms with Crippen LogP contribution in [0, 0.1) is 18.3 Å². The summed E-state index contributed by atoms with van der Waals surface area (Å²) >= 11 is 0. The van der Waals surface area contributed by atoms with Crippen molar-refractivity contribution >= 4 is 0 Å². The van der Waals surface area contributed by atoms with E-state index in [2.05, 4.69) is 24.9 Å². The molecule has 0 unspecified atom stereocenters. The molecule has 3 aromatic rings. The standard InChI is InChI=1S/C24H22N2O2/c1-4-24(5-2)21-20(16-12-10-15(3)11-13-16)18(14-25)23(27)26-22(21)17-8-6-7-9-19(17)28-24/h6-13H,4-5H2,1-3H3,(H,26,27). The minimum Gasteiger partial charge on any atom is -0.482 e. The van der Waals surface area contributed by atoms with E-state index in [0.717, 1.165) is 46.5 Å². The van der Waals surface area contributed by atoms with Crippen LogP contribution in [-0.2, 0) is 5.60 Å². The molecule has 0 amide bonds. The summed E-state index contributed by atoms with van der Waals surface area (Å²) in [4.78, 5) is 15.9. The first kappa shape index (κ1) is 18.1. The highest BCUT2D eigenvalue weighted by atomic mass is 16.5. The molecule has 28 heavy (non-hydrogen) atoms. The van der Waals surface area contributed by atoms with Crippen molar-refractivity contribution in [2.45, 2.75) is 39.2 Å². The number of hydrogen-bond donors (Lipinski definition) is 1. The second-order valence-corrected chi connectivity index (χ2v) is 7.23. The van der Waals surface area contributed by atoms with Gasteiger partial charge in [0.1, 0.15) is 23.0 Å². The average molecular weight is 370 g/mol. The minimum atomic E-state index is -0.611. The maximum atomic E-state index is 12.9. The van der Waals surface area contributed by atoms with Gasteiger partial charge in [0.25, 0.3) is 5.56 Å². The lowest BCUT2D eigenvalue weighted by Crippen LogP contribution is -2.37. The number of para-hydroxylation sites is 1. The topological polar surface area (TPSA) is 65.9 Å². The highest BCUT2D eigenvalue weighted by Gasteiger charge is 2.42. The third-order valence-corrected chi connectivity index (χ3v) is 5.73. The van der Waals surface area contributed by atoms with Gasteiger partial charge in [-0.1, -0.05) is 55.8 Å². The predicted molar refractivity (Wildman–Crippen MR) is 110 cm³/mol. The van der Waals surface area contributed by atoms with Crippen molar-refractivity contribution in [1.82, 2.24) is 4.98 Å². The van der Waals surface area contributed by atoms with Gasteiger partial charge >= 0.3 is 0 Å². The van der Waals surface area contributed by atoms with Gasteiger partial charge < -0.3 is 9.72 Å². The summed E-state index contributed by atoms with van der Waals surface area (Å²) in [6, 6.07) is 17.8. The Morgan fingerprint density at radius 3 is 2.39 bits per heavy atom. The summed E-state index contributed by atoms with van der Waals surface area (Å²) in [5.41, 5.74) is 4.33. The summed E-state index contributed by atoms with van der Waals surface area (Å²) in [6.07, 6.45) is 1.45. The van der Waals surface area contributed by atoms with E-state index < -0.39 is 5.60 Å². The number of aromatic nitrogens is 1. The number of nitriles is 1. The van der Waals surface area contributed by atoms with Crippen LogP contribution in [0.5, 0.6) is 5.75 Å². The number of aromatic amines is 1. The molecule has 2 aromatic carbocycles. The van der Waals surface area contributed by atoms with E-state index in [4.69, 9.17) is 4.74 Å². The zero-order chi connectivity index (χ0) is 19.9. The first-order chi connectivity index (χ1) is 13.5. The molecule has 1 aromatic heterocycles. The molecule has 1 N–H and O–H groups in total. The number of benzene rings is 2. The van der Waals surface area contributed by atoms with Crippen LogP contribution in [0.1, 0.15) is 43.4 Å². The third kappa shape index (κ3) is 2.55. The molecular formula is C24H22N2O2. The molecule has 4 nitrogen and oxygen atoms in total. The van der Waals surface area contributed by atoms with Gasteiger partial charge in [-0.15, -0.1) is 0 Å². The van der Waals surface area contributed by atoms with Crippen LogP contribution in [0.15, 0.2) is 53.3 Å². The van der Waals surface area contributed by atoms with Crippen LogP contribution in [-0.4, -0.2) is 4.98 Å². The van der Waals surface area contributed by atoms with Crippen LogP contribution in [0.4, 0.5) is 0 Å². The molecule has 1 aliphatic rings. The fraction of sp³-hybridized carbons (Fsp3) is 0.250. The second-order valence-electron chi connectivity index (χ2n) is 7.23. The number of hydrogen-bond acceptors (Lipinski definition) is 3. The smallest absolute Gasteiger partial charge is 0.266 e. The number of ether oxygens (including phenoxy) is 1. The molecule has 0 spiro atoms. The highest BCUT2D eigenvalue weighted by molar-refractivity contribution is 5.84. The van der Waals surface area contributed by atoms with Crippen LogP contribution in [0.2, 0.25) is 0 Å². The van der Waals surface area contributed by atoms with Gasteiger partial charge in [0.2, 0.25) is 0 Å². The molecule has 4 heteroatoms. The number of nitrogens with one attached hydrogen (secondary N) is 1. The van der Waals surface area contributed by atoms with Gasteiger partial charge in [-0.25, -0.2) is 0 Å². The summed E-state index contributed by atoms with van der Waals surface area (Å²) in [5, 5.41) is 9.82. The molecule has 0 saturated carbocycles. The van der Waals surface area contributed by atoms with Crippen molar-refractivity contribution < 1.29 is 4.74 Å². The van der Waals surface area contributed by atoms with E-state index in [0.29, 0.717) is 5.56 Å². The van der Waals surface area contributed by atoms with E-state index in [1.54, 1.807) is 0 Å². The van der Waals surface area contributed by atoms with Gasteiger partial charge in [-0.2, -0.15) is 5.26 Å². The number of rotatable bonds is 3. The lowest BCUT2D eigenvalue weighted by Gasteiger charge is -2.40. The van der Waals surface area contributed by atoms with Gasteiger partial charge in [0.15, 0.2) is 0 Å². The van der Waals surface area contributed by atoms with Crippen LogP contribution >= 0.6 is 0 Å². The third-order valence-electron chi connectivity index (χ3n) is 5.73. The summed E-state index contributed by atoms with van der Waals surface area (Å²) < 4.78 is 6.54. The first-order valence-corrected chi connectivity index (χ1v) is 9.61. The normalized spacial score (nSPS) is 13.8. The molecule has 2 heterocycles. The molecule has 0 bridgehead atoms. The van der Waals surface area contributed by atoms with Crippen molar-refractivity contribution in [1.29, 1.82) is 5.26 Å². The lowest BCUT2D eigenvalue weighted by molar-refractivity contribution is 0.0547. The molecule has 0 radical (unpaired) electrons. The maximum Gasteiger partial charge on any atom is 0.266 e. The monoisotopic (exact) mass is 370 g/mol. The van der Waals surface area contributed by atoms with Crippen molar-refractivity contribution in [2.75, 3.05) is 0 Å². The Balaban J connectivity index is 2.19. The van der Waals surface area contributed by atoms with Crippen LogP contribution in [0.3, 0.4) is 0 Å². The largest absolute Gasteiger partial charge is 0.482 e. The maximum absolute atomic E-state index is 12.9. The van der Waals surface area contributed by atoms with E-state index in [9.17, 15) is 10.1 Å². The SMILES string of the molecule is CCC1(CC)Oc2ccccc2-c2[nH]c(=O)c(C#N)c(-c3ccc(C)cc3)c21. The number of pyridine rings is 1. The quantitative estimate of drug-likeness (QED) is 0.680. The van der Waals surface area contributed by atoms with Gasteiger partial charge in [0, 0.05) is 16.7 Å². The molecular weight excluding hydrogens is 348 g/mol. The second kappa shape index (κ2) is 6.69. The Morgan fingerprint density at radius 2 is 1.75 bits per heavy atom. The lowest BCUT2D eigenvalue weighted by atomic mass is 9.77. The highest BCUT2D eigenvalue weighted by Crippen LogP contribution is 2.50. The zero-order valence-corrected chi connectivity index (χ0v) is 16.3. The molecule has 140 valence electrons. The van der Waals surface area contributed by atoms with Crippen molar-refractivity contribution in [3.8, 4) is 34.2 Å². The number of aryl methyl sites for hydroxylation is 1. The van der Waals surface area contributed by atoms with Gasteiger partial charge in [-0.05, 0) is 37.5 Å². The fourth-order valence-corrected chi connectivity index (χ4v) is 4.15. The average Bonchev–Trinajstić information content (AvgIpc) is 2.73. The summed E-state index contributed by atoms with van der Waals surface area (Å²) in [6.45, 7) is 6.18. The van der Waals surface area contributed by atoms with E-state index >= 15 is 0 Å². The Hall–Kier alpha value is -3.32. The number of nitrogens with zero attached hydrogens (tertiary/aromatic N) is 1.